The number of benzene rings is 1. The van der Waals surface area contributed by atoms with E-state index >= 15 is 0 Å². The Morgan fingerprint density at radius 3 is 2.12 bits per heavy atom. The first-order valence-corrected chi connectivity index (χ1v) is 4.25. The first kappa shape index (κ1) is 12.4. The zero-order chi connectivity index (χ0) is 12.3. The van der Waals surface area contributed by atoms with E-state index in [4.69, 9.17) is 0 Å². The maximum atomic E-state index is 12.6. The highest BCUT2D eigenvalue weighted by molar-refractivity contribution is 5.33. The van der Waals surface area contributed by atoms with Gasteiger partial charge in [0.1, 0.15) is 0 Å². The quantitative estimate of drug-likeness (QED) is 0.460. The number of nitrogens with zero attached hydrogens (tertiary/aromatic N) is 1. The van der Waals surface area contributed by atoms with E-state index in [2.05, 4.69) is 0 Å². The topological polar surface area (TPSA) is 43.1 Å². The monoisotopic (exact) mass is 237 g/mol. The number of hydrogen-bond donors (Lipinski definition) is 0. The average Bonchev–Trinajstić information content (AvgIpc) is 2.17. The molecule has 1 unspecified atom stereocenters. The largest absolute Gasteiger partial charge is 0.419 e. The van der Waals surface area contributed by atoms with Gasteiger partial charge in [-0.15, -0.1) is 0 Å². The van der Waals surface area contributed by atoms with Crippen LogP contribution in [0.3, 0.4) is 0 Å². The fourth-order valence-electron chi connectivity index (χ4n) is 1.08. The number of nitro groups is 1. The Hall–Kier alpha value is -1.66. The summed E-state index contributed by atoms with van der Waals surface area (Å²) >= 11 is 0. The molecular weight excluding hydrogens is 230 g/mol. The van der Waals surface area contributed by atoms with Crippen molar-refractivity contribution in [2.45, 2.75) is 18.8 Å². The third-order valence-corrected chi connectivity index (χ3v) is 1.92. The van der Waals surface area contributed by atoms with Crippen LogP contribution in [-0.2, 0) is 6.42 Å². The molecule has 0 heterocycles. The Morgan fingerprint density at radius 1 is 1.25 bits per heavy atom. The highest BCUT2D eigenvalue weighted by Crippen LogP contribution is 2.26. The van der Waals surface area contributed by atoms with E-state index in [1.807, 2.05) is 0 Å². The fourth-order valence-corrected chi connectivity index (χ4v) is 1.08. The van der Waals surface area contributed by atoms with E-state index in [1.165, 1.54) is 0 Å². The lowest BCUT2D eigenvalue weighted by Crippen LogP contribution is -2.26. The molecule has 1 atom stereocenters. The van der Waals surface area contributed by atoms with E-state index in [1.54, 1.807) is 0 Å². The van der Waals surface area contributed by atoms with Gasteiger partial charge >= 0.3 is 6.18 Å². The van der Waals surface area contributed by atoms with E-state index in [0.717, 1.165) is 24.3 Å². The highest BCUT2D eigenvalue weighted by Gasteiger charge is 2.39. The maximum Gasteiger partial charge on any atom is 0.419 e. The first-order chi connectivity index (χ1) is 7.30. The molecule has 0 aliphatic carbocycles. The molecule has 1 aromatic carbocycles. The fraction of sp³-hybridized carbons (Fsp3) is 0.333. The SMILES string of the molecule is O=[N+]([O-])c1ccc(CC(F)C(F)(F)F)cc1. The minimum absolute atomic E-state index is 0.0652. The number of nitro benzene ring substituents is 1. The van der Waals surface area contributed by atoms with Crippen LogP contribution < -0.4 is 0 Å². The molecule has 0 bridgehead atoms. The van der Waals surface area contributed by atoms with Gasteiger partial charge in [0.15, 0.2) is 6.17 Å². The zero-order valence-electron chi connectivity index (χ0n) is 7.87. The van der Waals surface area contributed by atoms with Gasteiger partial charge < -0.3 is 0 Å². The summed E-state index contributed by atoms with van der Waals surface area (Å²) in [4.78, 5) is 9.57. The Bertz CT molecular complexity index is 374. The molecule has 0 amide bonds. The number of alkyl halides is 4. The minimum Gasteiger partial charge on any atom is -0.258 e. The lowest BCUT2D eigenvalue weighted by atomic mass is 10.1. The second-order valence-corrected chi connectivity index (χ2v) is 3.14. The molecule has 0 aliphatic heterocycles. The molecule has 0 fully saturated rings. The molecule has 1 aromatic rings. The van der Waals surface area contributed by atoms with Crippen molar-refractivity contribution in [2.75, 3.05) is 0 Å². The van der Waals surface area contributed by atoms with Gasteiger partial charge in [0.05, 0.1) is 4.92 Å². The first-order valence-electron chi connectivity index (χ1n) is 4.25. The number of halogens is 4. The van der Waals surface area contributed by atoms with Crippen molar-refractivity contribution in [1.29, 1.82) is 0 Å². The van der Waals surface area contributed by atoms with Gasteiger partial charge in [0.25, 0.3) is 5.69 Å². The van der Waals surface area contributed by atoms with Crippen LogP contribution in [0, 0.1) is 10.1 Å². The Labute approximate surface area is 87.8 Å². The van der Waals surface area contributed by atoms with Gasteiger partial charge in [-0.25, -0.2) is 4.39 Å². The van der Waals surface area contributed by atoms with Crippen LogP contribution in [0.2, 0.25) is 0 Å². The molecule has 0 radical (unpaired) electrons. The van der Waals surface area contributed by atoms with E-state index < -0.39 is 23.7 Å². The summed E-state index contributed by atoms with van der Waals surface area (Å²) in [6, 6.07) is 4.30. The number of hydrogen-bond acceptors (Lipinski definition) is 2. The van der Waals surface area contributed by atoms with Gasteiger partial charge in [-0.05, 0) is 5.56 Å². The van der Waals surface area contributed by atoms with Gasteiger partial charge in [-0.2, -0.15) is 13.2 Å². The van der Waals surface area contributed by atoms with Crippen molar-refractivity contribution in [2.24, 2.45) is 0 Å². The predicted molar refractivity (Wildman–Crippen MR) is 47.8 cm³/mol. The standard InChI is InChI=1S/C9H7F4NO2/c10-8(9(11,12)13)5-6-1-3-7(4-2-6)14(15)16/h1-4,8H,5H2. The molecule has 0 saturated carbocycles. The zero-order valence-corrected chi connectivity index (χ0v) is 7.87. The molecule has 7 heteroatoms. The summed E-state index contributed by atoms with van der Waals surface area (Å²) in [5, 5.41) is 10.2. The summed E-state index contributed by atoms with van der Waals surface area (Å²) in [6.45, 7) is 0. The smallest absolute Gasteiger partial charge is 0.258 e. The van der Waals surface area contributed by atoms with Crippen LogP contribution in [-0.4, -0.2) is 17.3 Å². The molecule has 88 valence electrons. The van der Waals surface area contributed by atoms with Crippen LogP contribution in [0.5, 0.6) is 0 Å². The minimum atomic E-state index is -4.90. The van der Waals surface area contributed by atoms with Crippen molar-refractivity contribution in [3.8, 4) is 0 Å². The van der Waals surface area contributed by atoms with Crippen molar-refractivity contribution < 1.29 is 22.5 Å². The van der Waals surface area contributed by atoms with Crippen LogP contribution in [0.1, 0.15) is 5.56 Å². The highest BCUT2D eigenvalue weighted by atomic mass is 19.4. The van der Waals surface area contributed by atoms with Gasteiger partial charge in [0.2, 0.25) is 0 Å². The molecule has 0 N–H and O–H groups in total. The van der Waals surface area contributed by atoms with Crippen LogP contribution in [0.15, 0.2) is 24.3 Å². The molecule has 0 saturated heterocycles. The molecule has 0 aliphatic rings. The Morgan fingerprint density at radius 2 is 1.75 bits per heavy atom. The van der Waals surface area contributed by atoms with Crippen LogP contribution >= 0.6 is 0 Å². The van der Waals surface area contributed by atoms with Crippen molar-refractivity contribution in [3.63, 3.8) is 0 Å². The Balaban J connectivity index is 2.73. The van der Waals surface area contributed by atoms with Gasteiger partial charge in [0, 0.05) is 18.6 Å². The third-order valence-electron chi connectivity index (χ3n) is 1.92. The number of non-ortho nitro benzene ring substituents is 1. The molecule has 0 aromatic heterocycles. The lowest BCUT2D eigenvalue weighted by molar-refractivity contribution is -0.384. The van der Waals surface area contributed by atoms with E-state index in [0.29, 0.717) is 0 Å². The van der Waals surface area contributed by atoms with Crippen molar-refractivity contribution in [1.82, 2.24) is 0 Å². The van der Waals surface area contributed by atoms with Crippen molar-refractivity contribution >= 4 is 5.69 Å². The second kappa shape index (κ2) is 4.46. The average molecular weight is 237 g/mol. The Kier molecular flexibility index (Phi) is 3.46. The van der Waals surface area contributed by atoms with Crippen molar-refractivity contribution in [3.05, 3.63) is 39.9 Å². The summed E-state index contributed by atoms with van der Waals surface area (Å²) in [5.41, 5.74) is -0.179. The molecular formula is C9H7F4NO2. The maximum absolute atomic E-state index is 12.6. The van der Waals surface area contributed by atoms with Gasteiger partial charge in [-0.1, -0.05) is 12.1 Å². The second-order valence-electron chi connectivity index (χ2n) is 3.14. The van der Waals surface area contributed by atoms with Crippen LogP contribution in [0.25, 0.3) is 0 Å². The molecule has 1 rings (SSSR count). The number of rotatable bonds is 3. The summed E-state index contributed by atoms with van der Waals surface area (Å²) < 4.78 is 48.2. The summed E-state index contributed by atoms with van der Waals surface area (Å²) in [5.74, 6) is 0. The lowest BCUT2D eigenvalue weighted by Gasteiger charge is -2.11. The van der Waals surface area contributed by atoms with Gasteiger partial charge in [-0.3, -0.25) is 10.1 Å². The van der Waals surface area contributed by atoms with E-state index in [-0.39, 0.29) is 11.3 Å². The predicted octanol–water partition coefficient (Wildman–Crippen LogP) is 3.04. The van der Waals surface area contributed by atoms with Crippen LogP contribution in [0.4, 0.5) is 23.2 Å². The summed E-state index contributed by atoms with van der Waals surface area (Å²) in [6.07, 6.45) is -8.68. The normalized spacial score (nSPS) is 13.5. The third kappa shape index (κ3) is 3.18. The molecule has 0 spiro atoms. The molecule has 16 heavy (non-hydrogen) atoms. The molecule has 3 nitrogen and oxygen atoms in total. The summed E-state index contributed by atoms with van der Waals surface area (Å²) in [7, 11) is 0. The van der Waals surface area contributed by atoms with E-state index in [9.17, 15) is 27.7 Å².